The van der Waals surface area contributed by atoms with E-state index in [1.807, 2.05) is 36.2 Å². The second kappa shape index (κ2) is 7.12. The van der Waals surface area contributed by atoms with Gasteiger partial charge in [-0.15, -0.1) is 0 Å². The van der Waals surface area contributed by atoms with E-state index < -0.39 is 0 Å². The second-order valence-electron chi connectivity index (χ2n) is 7.93. The number of anilines is 1. The zero-order chi connectivity index (χ0) is 19.0. The summed E-state index contributed by atoms with van der Waals surface area (Å²) in [6, 6.07) is 9.26. The number of carbonyl (C=O) groups excluding carboxylic acids is 2. The zero-order valence-corrected chi connectivity index (χ0v) is 16.3. The van der Waals surface area contributed by atoms with E-state index in [1.165, 1.54) is 0 Å². The van der Waals surface area contributed by atoms with Crippen LogP contribution in [0.3, 0.4) is 0 Å². The molecule has 1 aromatic heterocycles. The fourth-order valence-corrected chi connectivity index (χ4v) is 4.91. The molecule has 1 aromatic carbocycles. The minimum Gasteiger partial charge on any atom is -0.312 e. The van der Waals surface area contributed by atoms with E-state index >= 15 is 0 Å². The van der Waals surface area contributed by atoms with Crippen molar-refractivity contribution in [2.45, 2.75) is 38.5 Å². The Morgan fingerprint density at radius 3 is 2.93 bits per heavy atom. The summed E-state index contributed by atoms with van der Waals surface area (Å²) in [5.74, 6) is 0.520. The van der Waals surface area contributed by atoms with Gasteiger partial charge in [0.2, 0.25) is 5.91 Å². The number of Topliss-reactive ketones (excluding diaryl/α,β-unsaturated/α-hetero) is 1. The molecule has 142 valence electrons. The number of ketones is 1. The highest BCUT2D eigenvalue weighted by atomic mass is 35.5. The maximum absolute atomic E-state index is 13.3. The largest absolute Gasteiger partial charge is 0.312 e. The number of hydrogen-bond acceptors (Lipinski definition) is 3. The molecule has 1 aliphatic carbocycles. The Morgan fingerprint density at radius 1 is 1.33 bits per heavy atom. The first-order valence-electron chi connectivity index (χ1n) is 9.57. The summed E-state index contributed by atoms with van der Waals surface area (Å²) in [5.41, 5.74) is 1.07. The van der Waals surface area contributed by atoms with Gasteiger partial charge in [0, 0.05) is 36.9 Å². The summed E-state index contributed by atoms with van der Waals surface area (Å²) in [6.45, 7) is 0.722. The Kier molecular flexibility index (Phi) is 4.81. The van der Waals surface area contributed by atoms with Crippen LogP contribution in [0.25, 0.3) is 0 Å². The fraction of sp³-hybridized carbons (Fsp3) is 0.476. The monoisotopic (exact) mass is 385 g/mol. The molecule has 0 radical (unpaired) electrons. The zero-order valence-electron chi connectivity index (χ0n) is 15.5. The number of carbonyl (C=O) groups is 2. The first kappa shape index (κ1) is 18.2. The minimum atomic E-state index is -0.324. The predicted molar refractivity (Wildman–Crippen MR) is 105 cm³/mol. The number of benzene rings is 1. The van der Waals surface area contributed by atoms with Crippen LogP contribution >= 0.6 is 11.6 Å². The van der Waals surface area contributed by atoms with Crippen LogP contribution in [0, 0.1) is 11.3 Å². The number of aromatic nitrogens is 2. The van der Waals surface area contributed by atoms with Crippen molar-refractivity contribution in [3.8, 4) is 0 Å². The smallest absolute Gasteiger partial charge is 0.233 e. The van der Waals surface area contributed by atoms with Crippen molar-refractivity contribution in [3.05, 3.63) is 47.2 Å². The quantitative estimate of drug-likeness (QED) is 0.739. The van der Waals surface area contributed by atoms with Crippen LogP contribution in [0.1, 0.15) is 49.0 Å². The van der Waals surface area contributed by atoms with Crippen molar-refractivity contribution in [2.75, 3.05) is 11.4 Å². The van der Waals surface area contributed by atoms with Crippen molar-refractivity contribution >= 4 is 29.0 Å². The molecule has 6 heteroatoms. The maximum Gasteiger partial charge on any atom is 0.233 e. The molecule has 27 heavy (non-hydrogen) atoms. The molecule has 0 N–H and O–H groups in total. The normalized spacial score (nSPS) is 25.3. The van der Waals surface area contributed by atoms with Crippen LogP contribution in [0.5, 0.6) is 0 Å². The molecule has 1 saturated carbocycles. The average Bonchev–Trinajstić information content (AvgIpc) is 3.20. The summed E-state index contributed by atoms with van der Waals surface area (Å²) in [6.07, 6.45) is 6.83. The molecule has 2 fully saturated rings. The predicted octanol–water partition coefficient (Wildman–Crippen LogP) is 4.26. The van der Waals surface area contributed by atoms with Gasteiger partial charge in [-0.25, -0.2) is 0 Å². The minimum absolute atomic E-state index is 0.0785. The molecule has 1 saturated heterocycles. The van der Waals surface area contributed by atoms with Crippen LogP contribution in [0.2, 0.25) is 5.02 Å². The van der Waals surface area contributed by atoms with E-state index in [1.54, 1.807) is 16.9 Å². The Hall–Kier alpha value is -2.14. The summed E-state index contributed by atoms with van der Waals surface area (Å²) in [5, 5.41) is 4.86. The topological polar surface area (TPSA) is 55.2 Å². The molecule has 1 spiro atoms. The third kappa shape index (κ3) is 3.53. The summed E-state index contributed by atoms with van der Waals surface area (Å²) in [7, 11) is 1.81. The number of aryl methyl sites for hydroxylation is 1. The Labute approximate surface area is 164 Å². The van der Waals surface area contributed by atoms with Gasteiger partial charge in [0.1, 0.15) is 5.69 Å². The Balaban J connectivity index is 1.47. The van der Waals surface area contributed by atoms with E-state index in [4.69, 9.17) is 11.6 Å². The summed E-state index contributed by atoms with van der Waals surface area (Å²) >= 11 is 6.11. The van der Waals surface area contributed by atoms with Gasteiger partial charge < -0.3 is 4.90 Å². The lowest BCUT2D eigenvalue weighted by Gasteiger charge is -2.36. The molecular formula is C21H24ClN3O2. The molecule has 0 bridgehead atoms. The molecule has 5 nitrogen and oxygen atoms in total. The first-order valence-corrected chi connectivity index (χ1v) is 9.95. The second-order valence-corrected chi connectivity index (χ2v) is 8.37. The van der Waals surface area contributed by atoms with Crippen molar-refractivity contribution in [3.63, 3.8) is 0 Å². The van der Waals surface area contributed by atoms with Gasteiger partial charge in [0.25, 0.3) is 0 Å². The SMILES string of the molecule is Cn1ccc(C(=O)C[C@H]2CCC[C@]3(CCN(c4cccc(Cl)c4)C3=O)C2)n1. The molecule has 0 unspecified atom stereocenters. The van der Waals surface area contributed by atoms with Gasteiger partial charge in [0.05, 0.1) is 5.41 Å². The molecule has 2 aliphatic rings. The van der Waals surface area contributed by atoms with E-state index in [2.05, 4.69) is 5.10 Å². The highest BCUT2D eigenvalue weighted by Crippen LogP contribution is 2.48. The number of nitrogens with zero attached hydrogens (tertiary/aromatic N) is 3. The van der Waals surface area contributed by atoms with Gasteiger partial charge in [0.15, 0.2) is 5.78 Å². The Morgan fingerprint density at radius 2 is 2.19 bits per heavy atom. The van der Waals surface area contributed by atoms with Crippen molar-refractivity contribution in [2.24, 2.45) is 18.4 Å². The molecular weight excluding hydrogens is 362 g/mol. The standard InChI is InChI=1S/C21H24ClN3O2/c1-24-10-7-18(23-24)19(26)12-15-4-3-8-21(14-15)9-11-25(20(21)27)17-6-2-5-16(22)13-17/h2,5-7,10,13,15H,3-4,8-9,11-12,14H2,1H3/t15-,21+/m1/s1. The highest BCUT2D eigenvalue weighted by Gasteiger charge is 2.49. The highest BCUT2D eigenvalue weighted by molar-refractivity contribution is 6.31. The summed E-state index contributed by atoms with van der Waals surface area (Å²) < 4.78 is 1.65. The van der Waals surface area contributed by atoms with Gasteiger partial charge in [-0.05, 0) is 55.9 Å². The molecule has 1 amide bonds. The first-order chi connectivity index (χ1) is 13.0. The molecule has 2 atom stereocenters. The van der Waals surface area contributed by atoms with Crippen molar-refractivity contribution in [1.29, 1.82) is 0 Å². The van der Waals surface area contributed by atoms with E-state index in [0.29, 0.717) is 17.1 Å². The lowest BCUT2D eigenvalue weighted by atomic mass is 9.67. The number of rotatable bonds is 4. The van der Waals surface area contributed by atoms with Gasteiger partial charge >= 0.3 is 0 Å². The third-order valence-corrected chi connectivity index (χ3v) is 6.29. The van der Waals surface area contributed by atoms with Gasteiger partial charge in [-0.3, -0.25) is 14.3 Å². The third-order valence-electron chi connectivity index (χ3n) is 6.05. The lowest BCUT2D eigenvalue weighted by molar-refractivity contribution is -0.128. The maximum atomic E-state index is 13.3. The number of hydrogen-bond donors (Lipinski definition) is 0. The van der Waals surface area contributed by atoms with E-state index in [9.17, 15) is 9.59 Å². The molecule has 1 aliphatic heterocycles. The fourth-order valence-electron chi connectivity index (χ4n) is 4.72. The van der Waals surface area contributed by atoms with Crippen LogP contribution in [-0.4, -0.2) is 28.0 Å². The van der Waals surface area contributed by atoms with Crippen LogP contribution in [0.4, 0.5) is 5.69 Å². The number of amides is 1. The molecule has 4 rings (SSSR count). The molecule has 2 aromatic rings. The lowest BCUT2D eigenvalue weighted by Crippen LogP contribution is -2.38. The number of halogens is 1. The van der Waals surface area contributed by atoms with Crippen LogP contribution in [-0.2, 0) is 11.8 Å². The van der Waals surface area contributed by atoms with Crippen molar-refractivity contribution < 1.29 is 9.59 Å². The Bertz CT molecular complexity index is 878. The average molecular weight is 386 g/mol. The van der Waals surface area contributed by atoms with Gasteiger partial charge in [-0.1, -0.05) is 24.1 Å². The van der Waals surface area contributed by atoms with E-state index in [-0.39, 0.29) is 23.0 Å². The van der Waals surface area contributed by atoms with Crippen LogP contribution < -0.4 is 4.90 Å². The van der Waals surface area contributed by atoms with Crippen molar-refractivity contribution in [1.82, 2.24) is 9.78 Å². The van der Waals surface area contributed by atoms with E-state index in [0.717, 1.165) is 44.3 Å². The summed E-state index contributed by atoms with van der Waals surface area (Å²) in [4.78, 5) is 27.7. The van der Waals surface area contributed by atoms with Crippen LogP contribution in [0.15, 0.2) is 36.5 Å². The van der Waals surface area contributed by atoms with Gasteiger partial charge in [-0.2, -0.15) is 5.10 Å². The molecule has 2 heterocycles.